The summed E-state index contributed by atoms with van der Waals surface area (Å²) in [7, 11) is 3.33. The molecule has 1 aromatic heterocycles. The number of hydrogen-bond donors (Lipinski definition) is 1. The van der Waals surface area contributed by atoms with Crippen molar-refractivity contribution in [1.82, 2.24) is 9.88 Å². The van der Waals surface area contributed by atoms with Crippen LogP contribution < -0.4 is 5.73 Å². The Balaban J connectivity index is 3.29. The normalized spacial score (nSPS) is 11.9. The molecule has 0 aliphatic carbocycles. The molecule has 1 rings (SSSR count). The Kier molecular flexibility index (Phi) is 3.68. The minimum absolute atomic E-state index is 0.300. The van der Waals surface area contributed by atoms with Crippen LogP contribution in [0.2, 0.25) is 5.15 Å². The molecule has 16 heavy (non-hydrogen) atoms. The standard InChI is InChI=1S/C9H11ClN4O2/c1-13(2)8(9(11)14(15)16)6-3-4-7(10)12-5-6/h3-5H,11H2,1-2H3. The second-order valence-electron chi connectivity index (χ2n) is 3.25. The number of pyridine rings is 1. The second-order valence-corrected chi connectivity index (χ2v) is 3.64. The molecule has 0 aliphatic heterocycles. The number of nitrogens with two attached hydrogens (primary N) is 1. The van der Waals surface area contributed by atoms with Crippen LogP contribution >= 0.6 is 11.6 Å². The summed E-state index contributed by atoms with van der Waals surface area (Å²) in [6, 6.07) is 3.18. The van der Waals surface area contributed by atoms with Crippen LogP contribution in [0.1, 0.15) is 5.56 Å². The van der Waals surface area contributed by atoms with Gasteiger partial charge in [0.1, 0.15) is 10.9 Å². The van der Waals surface area contributed by atoms with E-state index in [1.807, 2.05) is 0 Å². The monoisotopic (exact) mass is 242 g/mol. The molecule has 2 N–H and O–H groups in total. The Hall–Kier alpha value is -1.82. The van der Waals surface area contributed by atoms with Gasteiger partial charge in [0, 0.05) is 25.9 Å². The Morgan fingerprint density at radius 3 is 2.56 bits per heavy atom. The summed E-state index contributed by atoms with van der Waals surface area (Å²) in [6.07, 6.45) is 1.44. The summed E-state index contributed by atoms with van der Waals surface area (Å²) in [5.74, 6) is -0.422. The molecule has 1 heterocycles. The fraction of sp³-hybridized carbons (Fsp3) is 0.222. The zero-order valence-corrected chi connectivity index (χ0v) is 9.60. The van der Waals surface area contributed by atoms with Gasteiger partial charge in [0.05, 0.1) is 0 Å². The third kappa shape index (κ3) is 2.60. The molecule has 0 radical (unpaired) electrons. The molecule has 0 aliphatic rings. The lowest BCUT2D eigenvalue weighted by Gasteiger charge is -2.16. The molecule has 7 heteroatoms. The van der Waals surface area contributed by atoms with E-state index in [0.717, 1.165) is 0 Å². The first-order valence-electron chi connectivity index (χ1n) is 4.37. The summed E-state index contributed by atoms with van der Waals surface area (Å²) in [5, 5.41) is 11.0. The van der Waals surface area contributed by atoms with Gasteiger partial charge in [-0.3, -0.25) is 5.73 Å². The van der Waals surface area contributed by atoms with E-state index in [4.69, 9.17) is 17.3 Å². The molecule has 0 unspecified atom stereocenters. The van der Waals surface area contributed by atoms with E-state index in [9.17, 15) is 10.1 Å². The van der Waals surface area contributed by atoms with Gasteiger partial charge in [0.15, 0.2) is 0 Å². The van der Waals surface area contributed by atoms with E-state index in [1.54, 1.807) is 31.1 Å². The van der Waals surface area contributed by atoms with Crippen LogP contribution in [0.3, 0.4) is 0 Å². The van der Waals surface area contributed by atoms with Crippen LogP contribution in [0.4, 0.5) is 0 Å². The number of rotatable bonds is 3. The van der Waals surface area contributed by atoms with E-state index >= 15 is 0 Å². The predicted octanol–water partition coefficient (Wildman–Crippen LogP) is 1.16. The number of aromatic nitrogens is 1. The molecule has 0 spiro atoms. The largest absolute Gasteiger partial charge is 0.370 e. The first-order valence-corrected chi connectivity index (χ1v) is 4.74. The van der Waals surface area contributed by atoms with Gasteiger partial charge in [0.25, 0.3) is 0 Å². The minimum atomic E-state index is -0.635. The highest BCUT2D eigenvalue weighted by Crippen LogP contribution is 2.19. The smallest absolute Gasteiger partial charge is 0.338 e. The molecule has 0 bridgehead atoms. The fourth-order valence-corrected chi connectivity index (χ4v) is 1.35. The van der Waals surface area contributed by atoms with E-state index in [0.29, 0.717) is 16.4 Å². The Morgan fingerprint density at radius 1 is 1.56 bits per heavy atom. The molecule has 6 nitrogen and oxygen atoms in total. The zero-order valence-electron chi connectivity index (χ0n) is 8.85. The van der Waals surface area contributed by atoms with Crippen molar-refractivity contribution in [2.45, 2.75) is 0 Å². The van der Waals surface area contributed by atoms with E-state index in [2.05, 4.69) is 4.98 Å². The van der Waals surface area contributed by atoms with Crippen LogP contribution in [0.5, 0.6) is 0 Å². The maximum Gasteiger partial charge on any atom is 0.338 e. The number of halogens is 1. The van der Waals surface area contributed by atoms with Gasteiger partial charge in [-0.25, -0.2) is 4.98 Å². The highest BCUT2D eigenvalue weighted by atomic mass is 35.5. The van der Waals surface area contributed by atoms with Crippen LogP contribution in [0.25, 0.3) is 5.70 Å². The second kappa shape index (κ2) is 4.80. The third-order valence-corrected chi connectivity index (χ3v) is 2.11. The highest BCUT2D eigenvalue weighted by Gasteiger charge is 2.16. The van der Waals surface area contributed by atoms with Gasteiger partial charge in [-0.1, -0.05) is 11.6 Å². The van der Waals surface area contributed by atoms with Crippen molar-refractivity contribution in [3.8, 4) is 0 Å². The van der Waals surface area contributed by atoms with Crippen LogP contribution in [0, 0.1) is 10.1 Å². The lowest BCUT2D eigenvalue weighted by atomic mass is 10.2. The molecule has 0 amide bonds. The SMILES string of the molecule is CN(C)C(=C(N)[N+](=O)[O-])c1ccc(Cl)nc1. The van der Waals surface area contributed by atoms with Crippen molar-refractivity contribution in [1.29, 1.82) is 0 Å². The highest BCUT2D eigenvalue weighted by molar-refractivity contribution is 6.29. The van der Waals surface area contributed by atoms with E-state index < -0.39 is 10.7 Å². The van der Waals surface area contributed by atoms with Gasteiger partial charge in [-0.15, -0.1) is 0 Å². The molecule has 0 fully saturated rings. The molecule has 0 atom stereocenters. The fourth-order valence-electron chi connectivity index (χ4n) is 1.24. The van der Waals surface area contributed by atoms with Crippen LogP contribution in [-0.2, 0) is 0 Å². The topological polar surface area (TPSA) is 85.3 Å². The number of nitrogens with zero attached hydrogens (tertiary/aromatic N) is 3. The van der Waals surface area contributed by atoms with Crippen molar-refractivity contribution in [2.24, 2.45) is 5.73 Å². The molecule has 0 saturated heterocycles. The molecule has 86 valence electrons. The van der Waals surface area contributed by atoms with Crippen molar-refractivity contribution >= 4 is 17.3 Å². The molecule has 0 saturated carbocycles. The molecular formula is C9H11ClN4O2. The maximum atomic E-state index is 10.6. The van der Waals surface area contributed by atoms with Crippen LogP contribution in [0.15, 0.2) is 24.2 Å². The van der Waals surface area contributed by atoms with Gasteiger partial charge in [-0.05, 0) is 17.1 Å². The Labute approximate surface area is 97.5 Å². The summed E-state index contributed by atoms with van der Waals surface area (Å²) in [5.41, 5.74) is 6.26. The lowest BCUT2D eigenvalue weighted by Crippen LogP contribution is -2.20. The first-order chi connectivity index (χ1) is 7.43. The first kappa shape index (κ1) is 12.3. The molecule has 1 aromatic rings. The minimum Gasteiger partial charge on any atom is -0.370 e. The zero-order chi connectivity index (χ0) is 12.3. The molecule has 0 aromatic carbocycles. The molecular weight excluding hydrogens is 232 g/mol. The Morgan fingerprint density at radius 2 is 2.19 bits per heavy atom. The van der Waals surface area contributed by atoms with Gasteiger partial charge >= 0.3 is 5.82 Å². The van der Waals surface area contributed by atoms with Crippen molar-refractivity contribution in [3.63, 3.8) is 0 Å². The van der Waals surface area contributed by atoms with Gasteiger partial charge in [0.2, 0.25) is 0 Å². The van der Waals surface area contributed by atoms with Gasteiger partial charge in [-0.2, -0.15) is 0 Å². The quantitative estimate of drug-likeness (QED) is 0.488. The summed E-state index contributed by atoms with van der Waals surface area (Å²) >= 11 is 5.63. The third-order valence-electron chi connectivity index (χ3n) is 1.89. The van der Waals surface area contributed by atoms with Gasteiger partial charge < -0.3 is 15.0 Å². The Bertz CT molecular complexity index is 428. The number of hydrogen-bond acceptors (Lipinski definition) is 5. The van der Waals surface area contributed by atoms with Crippen LogP contribution in [-0.4, -0.2) is 28.9 Å². The summed E-state index contributed by atoms with van der Waals surface area (Å²) < 4.78 is 0. The lowest BCUT2D eigenvalue weighted by molar-refractivity contribution is -0.426. The van der Waals surface area contributed by atoms with Crippen molar-refractivity contribution < 1.29 is 4.92 Å². The average Bonchev–Trinajstić information content (AvgIpc) is 2.20. The summed E-state index contributed by atoms with van der Waals surface area (Å²) in [6.45, 7) is 0. The van der Waals surface area contributed by atoms with Crippen molar-refractivity contribution in [2.75, 3.05) is 14.1 Å². The summed E-state index contributed by atoms with van der Waals surface area (Å²) in [4.78, 5) is 15.4. The number of nitro groups is 1. The van der Waals surface area contributed by atoms with E-state index in [-0.39, 0.29) is 0 Å². The van der Waals surface area contributed by atoms with E-state index in [1.165, 1.54) is 6.20 Å². The van der Waals surface area contributed by atoms with Crippen molar-refractivity contribution in [3.05, 3.63) is 45.0 Å². The maximum absolute atomic E-state index is 10.6. The predicted molar refractivity (Wildman–Crippen MR) is 61.0 cm³/mol. The average molecular weight is 243 g/mol.